The predicted octanol–water partition coefficient (Wildman–Crippen LogP) is 1.99. The molecule has 0 atom stereocenters. The zero-order valence-electron chi connectivity index (χ0n) is 10.6. The van der Waals surface area contributed by atoms with Crippen LogP contribution in [0.4, 0.5) is 5.69 Å². The lowest BCUT2D eigenvalue weighted by atomic mass is 10.2. The fourth-order valence-electron chi connectivity index (χ4n) is 1.80. The molecule has 94 valence electrons. The first kappa shape index (κ1) is 12.2. The zero-order chi connectivity index (χ0) is 13.3. The number of phenolic OH excluding ortho intramolecular Hbond substituents is 1. The largest absolute Gasteiger partial charge is 0.508 e. The van der Waals surface area contributed by atoms with Crippen LogP contribution in [0.3, 0.4) is 0 Å². The lowest BCUT2D eigenvalue weighted by Gasteiger charge is -2.08. The molecule has 1 amide bonds. The summed E-state index contributed by atoms with van der Waals surface area (Å²) in [5.41, 5.74) is 2.78. The molecule has 1 aromatic carbocycles. The van der Waals surface area contributed by atoms with Crippen molar-refractivity contribution >= 4 is 11.6 Å². The Bertz CT molecular complexity index is 602. The number of anilines is 1. The van der Waals surface area contributed by atoms with E-state index in [2.05, 4.69) is 10.4 Å². The molecule has 0 aliphatic carbocycles. The van der Waals surface area contributed by atoms with Gasteiger partial charge in [-0.25, -0.2) is 0 Å². The summed E-state index contributed by atoms with van der Waals surface area (Å²) in [7, 11) is 1.73. The van der Waals surface area contributed by atoms with Crippen molar-refractivity contribution in [3.8, 4) is 5.75 Å². The molecule has 1 heterocycles. The Hall–Kier alpha value is -2.30. The summed E-state index contributed by atoms with van der Waals surface area (Å²) in [5.74, 6) is -0.0335. The van der Waals surface area contributed by atoms with E-state index in [0.717, 1.165) is 11.3 Å². The Morgan fingerprint density at radius 3 is 2.61 bits per heavy atom. The van der Waals surface area contributed by atoms with Gasteiger partial charge in [-0.3, -0.25) is 9.48 Å². The average Bonchev–Trinajstić information content (AvgIpc) is 2.62. The lowest BCUT2D eigenvalue weighted by Crippen LogP contribution is -2.16. The number of nitrogens with zero attached hydrogens (tertiary/aromatic N) is 2. The van der Waals surface area contributed by atoms with Gasteiger partial charge in [0.25, 0.3) is 5.91 Å². The molecule has 5 heteroatoms. The number of aromatic hydroxyl groups is 1. The van der Waals surface area contributed by atoms with Gasteiger partial charge in [-0.1, -0.05) is 0 Å². The minimum atomic E-state index is -0.216. The highest BCUT2D eigenvalue weighted by atomic mass is 16.3. The molecule has 18 heavy (non-hydrogen) atoms. The number of carbonyl (C=O) groups is 1. The van der Waals surface area contributed by atoms with Crippen LogP contribution in [0.25, 0.3) is 0 Å². The molecular formula is C13H15N3O2. The third kappa shape index (κ3) is 2.34. The molecule has 2 N–H and O–H groups in total. The Kier molecular flexibility index (Phi) is 3.06. The summed E-state index contributed by atoms with van der Waals surface area (Å²) in [5, 5.41) is 16.2. The van der Waals surface area contributed by atoms with Gasteiger partial charge in [0, 0.05) is 12.7 Å². The molecule has 0 aliphatic rings. The van der Waals surface area contributed by atoms with Crippen LogP contribution in [-0.2, 0) is 7.05 Å². The number of amides is 1. The maximum Gasteiger partial charge on any atom is 0.273 e. The van der Waals surface area contributed by atoms with E-state index >= 15 is 0 Å². The number of aromatic nitrogens is 2. The van der Waals surface area contributed by atoms with Crippen molar-refractivity contribution in [2.45, 2.75) is 13.8 Å². The summed E-state index contributed by atoms with van der Waals surface area (Å²) in [6, 6.07) is 6.54. The van der Waals surface area contributed by atoms with Crippen LogP contribution < -0.4 is 5.32 Å². The first-order valence-electron chi connectivity index (χ1n) is 5.59. The van der Waals surface area contributed by atoms with Crippen molar-refractivity contribution in [2.24, 2.45) is 7.05 Å². The second kappa shape index (κ2) is 4.52. The smallest absolute Gasteiger partial charge is 0.273 e. The van der Waals surface area contributed by atoms with Gasteiger partial charge in [0.1, 0.15) is 11.4 Å². The molecule has 5 nitrogen and oxygen atoms in total. The molecule has 0 bridgehead atoms. The van der Waals surface area contributed by atoms with Crippen LogP contribution in [0, 0.1) is 13.8 Å². The Morgan fingerprint density at radius 2 is 2.06 bits per heavy atom. The topological polar surface area (TPSA) is 67.2 Å². The van der Waals surface area contributed by atoms with Gasteiger partial charge < -0.3 is 10.4 Å². The zero-order valence-corrected chi connectivity index (χ0v) is 10.6. The number of nitrogens with one attached hydrogen (secondary N) is 1. The van der Waals surface area contributed by atoms with E-state index in [4.69, 9.17) is 0 Å². The van der Waals surface area contributed by atoms with Crippen LogP contribution in [0.1, 0.15) is 21.7 Å². The number of hydrogen-bond donors (Lipinski definition) is 2. The maximum atomic E-state index is 12.1. The first-order valence-corrected chi connectivity index (χ1v) is 5.59. The molecule has 2 rings (SSSR count). The van der Waals surface area contributed by atoms with Crippen molar-refractivity contribution in [1.82, 2.24) is 9.78 Å². The third-order valence-corrected chi connectivity index (χ3v) is 2.69. The molecule has 2 aromatic rings. The van der Waals surface area contributed by atoms with E-state index in [1.165, 1.54) is 6.07 Å². The quantitative estimate of drug-likeness (QED) is 0.795. The van der Waals surface area contributed by atoms with Gasteiger partial charge in [-0.2, -0.15) is 5.10 Å². The summed E-state index contributed by atoms with van der Waals surface area (Å²) in [4.78, 5) is 12.1. The summed E-state index contributed by atoms with van der Waals surface area (Å²) < 4.78 is 1.54. The Labute approximate surface area is 105 Å². The van der Waals surface area contributed by atoms with Crippen LogP contribution >= 0.6 is 0 Å². The Balaban J connectivity index is 2.24. The van der Waals surface area contributed by atoms with Gasteiger partial charge in [0.2, 0.25) is 0 Å². The molecule has 0 aliphatic heterocycles. The van der Waals surface area contributed by atoms with Gasteiger partial charge in [-0.05, 0) is 43.7 Å². The molecular weight excluding hydrogens is 230 g/mol. The van der Waals surface area contributed by atoms with E-state index in [1.54, 1.807) is 29.9 Å². The number of phenols is 1. The summed E-state index contributed by atoms with van der Waals surface area (Å²) in [6.07, 6.45) is 0. The van der Waals surface area contributed by atoms with Crippen LogP contribution in [0.2, 0.25) is 0 Å². The minimum Gasteiger partial charge on any atom is -0.508 e. The molecule has 0 radical (unpaired) electrons. The monoisotopic (exact) mass is 245 g/mol. The minimum absolute atomic E-state index is 0.182. The predicted molar refractivity (Wildman–Crippen MR) is 68.7 cm³/mol. The second-order valence-corrected chi connectivity index (χ2v) is 4.25. The van der Waals surface area contributed by atoms with Gasteiger partial charge >= 0.3 is 0 Å². The molecule has 1 aromatic heterocycles. The van der Waals surface area contributed by atoms with E-state index in [0.29, 0.717) is 11.4 Å². The molecule has 0 spiro atoms. The number of rotatable bonds is 2. The third-order valence-electron chi connectivity index (χ3n) is 2.69. The normalized spacial score (nSPS) is 10.4. The maximum absolute atomic E-state index is 12.1. The number of carbonyl (C=O) groups excluding carboxylic acids is 1. The van der Waals surface area contributed by atoms with Crippen molar-refractivity contribution < 1.29 is 9.90 Å². The van der Waals surface area contributed by atoms with E-state index in [9.17, 15) is 9.90 Å². The van der Waals surface area contributed by atoms with Crippen molar-refractivity contribution in [3.63, 3.8) is 0 Å². The van der Waals surface area contributed by atoms with Gasteiger partial charge in [0.15, 0.2) is 0 Å². The summed E-state index contributed by atoms with van der Waals surface area (Å²) >= 11 is 0. The molecule has 0 saturated heterocycles. The SMILES string of the molecule is Cc1cc(C(=O)Nc2ccc(O)cc2C)n(C)n1. The number of hydrogen-bond acceptors (Lipinski definition) is 3. The van der Waals surface area contributed by atoms with E-state index in [1.807, 2.05) is 13.8 Å². The Morgan fingerprint density at radius 1 is 1.33 bits per heavy atom. The fraction of sp³-hybridized carbons (Fsp3) is 0.231. The second-order valence-electron chi connectivity index (χ2n) is 4.25. The fourth-order valence-corrected chi connectivity index (χ4v) is 1.80. The standard InChI is InChI=1S/C13H15N3O2/c1-8-6-10(17)4-5-11(8)14-13(18)12-7-9(2)15-16(12)3/h4-7,17H,1-3H3,(H,14,18). The van der Waals surface area contributed by atoms with Crippen molar-refractivity contribution in [2.75, 3.05) is 5.32 Å². The van der Waals surface area contributed by atoms with Crippen LogP contribution in [0.15, 0.2) is 24.3 Å². The molecule has 0 fully saturated rings. The number of benzene rings is 1. The highest BCUT2D eigenvalue weighted by Crippen LogP contribution is 2.20. The first-order chi connectivity index (χ1) is 8.47. The molecule has 0 saturated carbocycles. The highest BCUT2D eigenvalue weighted by molar-refractivity contribution is 6.03. The van der Waals surface area contributed by atoms with E-state index < -0.39 is 0 Å². The average molecular weight is 245 g/mol. The van der Waals surface area contributed by atoms with Crippen molar-refractivity contribution in [1.29, 1.82) is 0 Å². The molecule has 0 unspecified atom stereocenters. The number of aryl methyl sites for hydroxylation is 3. The lowest BCUT2D eigenvalue weighted by molar-refractivity contribution is 0.101. The van der Waals surface area contributed by atoms with Crippen LogP contribution in [-0.4, -0.2) is 20.8 Å². The van der Waals surface area contributed by atoms with Gasteiger partial charge in [0.05, 0.1) is 5.69 Å². The van der Waals surface area contributed by atoms with Crippen LogP contribution in [0.5, 0.6) is 5.75 Å². The van der Waals surface area contributed by atoms with Crippen molar-refractivity contribution in [3.05, 3.63) is 41.2 Å². The summed E-state index contributed by atoms with van der Waals surface area (Å²) in [6.45, 7) is 3.66. The van der Waals surface area contributed by atoms with E-state index in [-0.39, 0.29) is 11.7 Å². The highest BCUT2D eigenvalue weighted by Gasteiger charge is 2.12. The van der Waals surface area contributed by atoms with Gasteiger partial charge in [-0.15, -0.1) is 0 Å².